The molecule has 8 heteroatoms. The smallest absolute Gasteiger partial charge is 0.191 e. The van der Waals surface area contributed by atoms with E-state index >= 15 is 0 Å². The van der Waals surface area contributed by atoms with Crippen LogP contribution in [0, 0.1) is 0 Å². The largest absolute Gasteiger partial charge is 0.493 e. The monoisotopic (exact) mass is 543 g/mol. The van der Waals surface area contributed by atoms with Gasteiger partial charge in [-0.1, -0.05) is 15.9 Å². The number of ether oxygens (including phenoxy) is 2. The van der Waals surface area contributed by atoms with Gasteiger partial charge >= 0.3 is 0 Å². The molecule has 0 bridgehead atoms. The molecule has 1 aromatic rings. The van der Waals surface area contributed by atoms with Crippen LogP contribution in [0.3, 0.4) is 0 Å². The van der Waals surface area contributed by atoms with Crippen LogP contribution in [-0.2, 0) is 6.54 Å². The molecular weight excluding hydrogens is 517 g/mol. The van der Waals surface area contributed by atoms with Gasteiger partial charge in [0.2, 0.25) is 0 Å². The fraction of sp³-hybridized carbons (Fsp3) is 0.588. The minimum atomic E-state index is 0. The van der Waals surface area contributed by atoms with Crippen LogP contribution >= 0.6 is 51.7 Å². The zero-order valence-corrected chi connectivity index (χ0v) is 19.9. The Hall–Kier alpha value is -0.350. The minimum absolute atomic E-state index is 0. The van der Waals surface area contributed by atoms with Crippen LogP contribution in [0.4, 0.5) is 0 Å². The van der Waals surface area contributed by atoms with Gasteiger partial charge in [-0.15, -0.1) is 24.0 Å². The molecule has 5 nitrogen and oxygen atoms in total. The van der Waals surface area contributed by atoms with Crippen LogP contribution in [0.2, 0.25) is 0 Å². The average molecular weight is 544 g/mol. The molecule has 1 heterocycles. The number of benzene rings is 1. The van der Waals surface area contributed by atoms with E-state index in [-0.39, 0.29) is 24.0 Å². The van der Waals surface area contributed by atoms with Gasteiger partial charge in [0.15, 0.2) is 17.5 Å². The fourth-order valence-electron chi connectivity index (χ4n) is 2.68. The quantitative estimate of drug-likeness (QED) is 0.322. The van der Waals surface area contributed by atoms with Crippen molar-refractivity contribution in [3.8, 4) is 11.5 Å². The van der Waals surface area contributed by atoms with E-state index in [1.807, 2.05) is 23.9 Å². The molecule has 2 rings (SSSR count). The normalized spacial score (nSPS) is 20.0. The predicted molar refractivity (Wildman–Crippen MR) is 121 cm³/mol. The van der Waals surface area contributed by atoms with Crippen LogP contribution < -0.4 is 20.1 Å². The Kier molecular flexibility index (Phi) is 9.73. The number of thioether (sulfide) groups is 1. The molecule has 2 N–H and O–H groups in total. The summed E-state index contributed by atoms with van der Waals surface area (Å²) in [6.45, 7) is 3.88. The molecule has 0 radical (unpaired) electrons. The molecule has 1 aromatic carbocycles. The first-order valence-electron chi connectivity index (χ1n) is 8.00. The second kappa shape index (κ2) is 10.7. The van der Waals surface area contributed by atoms with Gasteiger partial charge in [0, 0.05) is 29.4 Å². The van der Waals surface area contributed by atoms with E-state index in [2.05, 4.69) is 38.5 Å². The van der Waals surface area contributed by atoms with Gasteiger partial charge in [-0.2, -0.15) is 11.8 Å². The Morgan fingerprint density at radius 1 is 1.28 bits per heavy atom. The lowest BCUT2D eigenvalue weighted by atomic mass is 10.1. The number of hydrogen-bond acceptors (Lipinski definition) is 4. The van der Waals surface area contributed by atoms with Crippen molar-refractivity contribution in [3.63, 3.8) is 0 Å². The van der Waals surface area contributed by atoms with Crippen LogP contribution in [0.1, 0.15) is 25.3 Å². The summed E-state index contributed by atoms with van der Waals surface area (Å²) in [6, 6.07) is 3.89. The topological polar surface area (TPSA) is 54.9 Å². The summed E-state index contributed by atoms with van der Waals surface area (Å²) in [7, 11) is 5.07. The Bertz CT molecular complexity index is 596. The number of hydrogen-bond donors (Lipinski definition) is 2. The van der Waals surface area contributed by atoms with E-state index in [9.17, 15) is 0 Å². The Balaban J connectivity index is 0.00000312. The van der Waals surface area contributed by atoms with Gasteiger partial charge in [0.05, 0.1) is 14.2 Å². The maximum Gasteiger partial charge on any atom is 0.191 e. The molecule has 1 unspecified atom stereocenters. The molecule has 0 saturated carbocycles. The maximum absolute atomic E-state index is 5.37. The van der Waals surface area contributed by atoms with E-state index in [0.29, 0.717) is 17.0 Å². The first kappa shape index (κ1) is 22.7. The Morgan fingerprint density at radius 3 is 2.52 bits per heavy atom. The summed E-state index contributed by atoms with van der Waals surface area (Å²) in [4.78, 5) is 4.32. The van der Waals surface area contributed by atoms with Crippen molar-refractivity contribution in [2.24, 2.45) is 4.99 Å². The number of rotatable bonds is 6. The lowest BCUT2D eigenvalue weighted by Gasteiger charge is -2.24. The van der Waals surface area contributed by atoms with E-state index in [1.165, 1.54) is 18.6 Å². The molecule has 0 amide bonds. The first-order valence-corrected chi connectivity index (χ1v) is 9.78. The fourth-order valence-corrected chi connectivity index (χ4v) is 4.39. The molecule has 1 atom stereocenters. The first-order chi connectivity index (χ1) is 11.5. The minimum Gasteiger partial charge on any atom is -0.493 e. The highest BCUT2D eigenvalue weighted by Crippen LogP contribution is 2.37. The summed E-state index contributed by atoms with van der Waals surface area (Å²) in [5.41, 5.74) is 1.08. The zero-order valence-electron chi connectivity index (χ0n) is 15.1. The van der Waals surface area contributed by atoms with Crippen LogP contribution in [-0.4, -0.2) is 44.3 Å². The van der Waals surface area contributed by atoms with E-state index in [4.69, 9.17) is 9.47 Å². The van der Waals surface area contributed by atoms with Crippen LogP contribution in [0.25, 0.3) is 0 Å². The highest BCUT2D eigenvalue weighted by Gasteiger charge is 2.29. The third-order valence-corrected chi connectivity index (χ3v) is 6.43. The Morgan fingerprint density at radius 2 is 1.96 bits per heavy atom. The summed E-state index contributed by atoms with van der Waals surface area (Å²) < 4.78 is 12.0. The van der Waals surface area contributed by atoms with Crippen molar-refractivity contribution < 1.29 is 9.47 Å². The lowest BCUT2D eigenvalue weighted by molar-refractivity contribution is 0.354. The second-order valence-electron chi connectivity index (χ2n) is 5.98. The van der Waals surface area contributed by atoms with Gasteiger partial charge in [-0.05, 0) is 43.2 Å². The van der Waals surface area contributed by atoms with Crippen molar-refractivity contribution in [2.75, 3.05) is 33.6 Å². The number of methoxy groups -OCH3 is 2. The molecule has 1 fully saturated rings. The number of nitrogens with zero attached hydrogens (tertiary/aromatic N) is 1. The molecule has 142 valence electrons. The summed E-state index contributed by atoms with van der Waals surface area (Å²) in [5.74, 6) is 3.49. The van der Waals surface area contributed by atoms with E-state index in [0.717, 1.165) is 28.3 Å². The third kappa shape index (κ3) is 6.39. The third-order valence-electron chi connectivity index (χ3n) is 4.15. The van der Waals surface area contributed by atoms with Gasteiger partial charge < -0.3 is 20.1 Å². The molecule has 1 saturated heterocycles. The molecule has 0 spiro atoms. The summed E-state index contributed by atoms with van der Waals surface area (Å²) in [5, 5.41) is 6.80. The highest BCUT2D eigenvalue weighted by molar-refractivity contribution is 14.0. The number of halogens is 2. The number of guanidine groups is 1. The Labute approximate surface area is 180 Å². The zero-order chi connectivity index (χ0) is 17.6. The lowest BCUT2D eigenvalue weighted by Crippen LogP contribution is -2.43. The summed E-state index contributed by atoms with van der Waals surface area (Å²) in [6.07, 6.45) is 2.55. The second-order valence-corrected chi connectivity index (χ2v) is 8.52. The van der Waals surface area contributed by atoms with Gasteiger partial charge in [0.1, 0.15) is 0 Å². The van der Waals surface area contributed by atoms with Crippen molar-refractivity contribution in [3.05, 3.63) is 22.2 Å². The van der Waals surface area contributed by atoms with Crippen molar-refractivity contribution in [2.45, 2.75) is 31.1 Å². The van der Waals surface area contributed by atoms with Gasteiger partial charge in [0.25, 0.3) is 0 Å². The van der Waals surface area contributed by atoms with Gasteiger partial charge in [-0.3, -0.25) is 4.99 Å². The van der Waals surface area contributed by atoms with E-state index < -0.39 is 0 Å². The highest BCUT2D eigenvalue weighted by atomic mass is 127. The standard InChI is InChI=1S/C17H26BrN3O2S.HI/c1-17(6-5-7-24-17)11-21-16(19-2)20-10-12-8-14(22-3)15(23-4)9-13(12)18;/h8-9H,5-7,10-11H2,1-4H3,(H2,19,20,21);1H. The molecular formula is C17H27BrIN3O2S. The van der Waals surface area contributed by atoms with E-state index in [1.54, 1.807) is 21.3 Å². The van der Waals surface area contributed by atoms with Crippen LogP contribution in [0.15, 0.2) is 21.6 Å². The number of nitrogens with one attached hydrogen (secondary N) is 2. The molecule has 25 heavy (non-hydrogen) atoms. The molecule has 1 aliphatic heterocycles. The molecule has 1 aliphatic rings. The van der Waals surface area contributed by atoms with Crippen LogP contribution in [0.5, 0.6) is 11.5 Å². The predicted octanol–water partition coefficient (Wildman–Crippen LogP) is 4.04. The number of aliphatic imine (C=N–C) groups is 1. The van der Waals surface area contributed by atoms with Crippen molar-refractivity contribution in [1.29, 1.82) is 0 Å². The van der Waals surface area contributed by atoms with Gasteiger partial charge in [-0.25, -0.2) is 0 Å². The SMILES string of the molecule is CN=C(NCc1cc(OC)c(OC)cc1Br)NCC1(C)CCCS1.I. The summed E-state index contributed by atoms with van der Waals surface area (Å²) >= 11 is 5.63. The molecule has 0 aromatic heterocycles. The van der Waals surface area contributed by atoms with Crippen molar-refractivity contribution >= 4 is 57.6 Å². The average Bonchev–Trinajstić information content (AvgIpc) is 3.02. The molecule has 0 aliphatic carbocycles. The maximum atomic E-state index is 5.37. The van der Waals surface area contributed by atoms with Crippen molar-refractivity contribution in [1.82, 2.24) is 10.6 Å².